The first-order chi connectivity index (χ1) is 20.2. The average Bonchev–Trinajstić information content (AvgIpc) is 3.38. The molecule has 9 atom stereocenters. The van der Waals surface area contributed by atoms with Crippen LogP contribution in [-0.4, -0.2) is 29.7 Å². The second kappa shape index (κ2) is 10.0. The van der Waals surface area contributed by atoms with Crippen LogP contribution in [0.2, 0.25) is 0 Å². The van der Waals surface area contributed by atoms with E-state index in [1.165, 1.54) is 18.2 Å². The molecule has 234 valence electrons. The molecule has 1 unspecified atom stereocenters. The summed E-state index contributed by atoms with van der Waals surface area (Å²) in [6.07, 6.45) is 11.2. The van der Waals surface area contributed by atoms with E-state index in [-0.39, 0.29) is 51.4 Å². The van der Waals surface area contributed by atoms with E-state index in [9.17, 15) is 14.8 Å². The van der Waals surface area contributed by atoms with Crippen molar-refractivity contribution < 1.29 is 19.5 Å². The lowest BCUT2D eigenvalue weighted by Crippen LogP contribution is -2.74. The van der Waals surface area contributed by atoms with Crippen LogP contribution in [0.4, 0.5) is 0 Å². The van der Waals surface area contributed by atoms with Gasteiger partial charge in [0.05, 0.1) is 18.1 Å². The molecule has 43 heavy (non-hydrogen) atoms. The van der Waals surface area contributed by atoms with E-state index in [4.69, 9.17) is 10.5 Å². The Morgan fingerprint density at radius 2 is 1.67 bits per heavy atom. The Bertz CT molecular complexity index is 1360. The second-order valence-corrected chi connectivity index (χ2v) is 16.0. The molecule has 1 amide bonds. The number of nitrogens with one attached hydrogen (secondary N) is 1. The third kappa shape index (κ3) is 3.97. The van der Waals surface area contributed by atoms with Crippen molar-refractivity contribution >= 4 is 17.4 Å². The minimum absolute atomic E-state index is 0.0306. The highest BCUT2D eigenvalue weighted by atomic mass is 16.5. The van der Waals surface area contributed by atoms with E-state index in [1.807, 2.05) is 12.1 Å². The number of hydrogen-bond acceptors (Lipinski definition) is 5. The molecule has 1 aromatic carbocycles. The summed E-state index contributed by atoms with van der Waals surface area (Å²) in [5.41, 5.74) is 13.3. The Labute approximate surface area is 257 Å². The Kier molecular flexibility index (Phi) is 7.14. The van der Waals surface area contributed by atoms with Crippen LogP contribution in [-0.2, 0) is 9.53 Å². The van der Waals surface area contributed by atoms with Gasteiger partial charge >= 0.3 is 5.97 Å². The number of ether oxygens (including phenoxy) is 1. The maximum Gasteiger partial charge on any atom is 0.337 e. The smallest absolute Gasteiger partial charge is 0.337 e. The van der Waals surface area contributed by atoms with Crippen molar-refractivity contribution in [1.82, 2.24) is 5.48 Å². The molecule has 0 bridgehead atoms. The monoisotopic (exact) mass is 588 g/mol. The quantitative estimate of drug-likeness (QED) is 0.148. The summed E-state index contributed by atoms with van der Waals surface area (Å²) < 4.78 is 4.92. The predicted molar refractivity (Wildman–Crippen MR) is 169 cm³/mol. The largest absolute Gasteiger partial charge is 0.465 e. The number of rotatable bonds is 4. The SMILES string of the molecule is C=C(C)C1CC[C@]2(C(=O)NO)CC[C@]3(N)[C@H](CC[C@@H]4[C@@]5(C)CC=C(c6ccc(C(=O)OC)cc6)C(C)(C)[C@@H]5CC[C@]43C)[C@@H]12. The van der Waals surface area contributed by atoms with E-state index in [1.54, 1.807) is 0 Å². The lowest BCUT2D eigenvalue weighted by Gasteiger charge is -2.71. The summed E-state index contributed by atoms with van der Waals surface area (Å²) in [6, 6.07) is 7.91. The molecule has 6 heteroatoms. The second-order valence-electron chi connectivity index (χ2n) is 16.0. The van der Waals surface area contributed by atoms with Crippen LogP contribution >= 0.6 is 0 Å². The molecule has 0 aromatic heterocycles. The number of fused-ring (bicyclic) bond motifs is 7. The fourth-order valence-electron chi connectivity index (χ4n) is 12.3. The van der Waals surface area contributed by atoms with E-state index in [0.29, 0.717) is 17.4 Å². The molecular weight excluding hydrogens is 536 g/mol. The minimum atomic E-state index is -0.551. The molecular formula is C37H52N2O4. The molecule has 4 fully saturated rings. The predicted octanol–water partition coefficient (Wildman–Crippen LogP) is 7.32. The third-order valence-corrected chi connectivity index (χ3v) is 14.3. The molecule has 0 saturated heterocycles. The van der Waals surface area contributed by atoms with Crippen LogP contribution in [0.15, 0.2) is 42.5 Å². The molecule has 0 aliphatic heterocycles. The van der Waals surface area contributed by atoms with Crippen molar-refractivity contribution in [3.63, 3.8) is 0 Å². The van der Waals surface area contributed by atoms with E-state index in [2.05, 4.69) is 64.9 Å². The molecule has 4 N–H and O–H groups in total. The first-order valence-electron chi connectivity index (χ1n) is 16.5. The number of allylic oxidation sites excluding steroid dienone is 3. The van der Waals surface area contributed by atoms with Gasteiger partial charge in [-0.05, 0) is 134 Å². The van der Waals surface area contributed by atoms with Crippen LogP contribution < -0.4 is 11.2 Å². The van der Waals surface area contributed by atoms with Crippen molar-refractivity contribution in [2.24, 2.45) is 57.0 Å². The lowest BCUT2D eigenvalue weighted by atomic mass is 9.34. The molecule has 5 aliphatic rings. The maximum atomic E-state index is 13.3. The number of hydroxylamine groups is 1. The number of benzene rings is 1. The Morgan fingerprint density at radius 1 is 0.977 bits per heavy atom. The topological polar surface area (TPSA) is 102 Å². The standard InChI is InChI=1S/C37H52N2O4/c1-22(2)25-14-19-36(32(41)39-42)20-21-37(38)27(30(25)36)12-13-29-34(5)17-15-26(23-8-10-24(11-9-23)31(40)43-7)33(3,4)28(34)16-18-35(29,37)6/h8-11,15,25,27-30,42H,1,12-14,16-21,38H2,2-7H3,(H,39,41)/t25?,27-,28+,29-,30-,34+,35-,36+,37+/m1/s1. The number of esters is 1. The van der Waals surface area contributed by atoms with Gasteiger partial charge in [-0.25, -0.2) is 10.3 Å². The number of amides is 1. The minimum Gasteiger partial charge on any atom is -0.465 e. The Hall–Kier alpha value is -2.44. The molecule has 5 aliphatic carbocycles. The summed E-state index contributed by atoms with van der Waals surface area (Å²) in [7, 11) is 1.42. The summed E-state index contributed by atoms with van der Waals surface area (Å²) in [5, 5.41) is 9.84. The van der Waals surface area contributed by atoms with Gasteiger partial charge in [0.2, 0.25) is 5.91 Å². The van der Waals surface area contributed by atoms with Gasteiger partial charge < -0.3 is 10.5 Å². The van der Waals surface area contributed by atoms with Crippen molar-refractivity contribution in [3.05, 3.63) is 53.6 Å². The highest BCUT2D eigenvalue weighted by molar-refractivity contribution is 5.90. The molecule has 6 nitrogen and oxygen atoms in total. The zero-order chi connectivity index (χ0) is 31.2. The van der Waals surface area contributed by atoms with E-state index < -0.39 is 5.41 Å². The lowest BCUT2D eigenvalue weighted by molar-refractivity contribution is -0.196. The van der Waals surface area contributed by atoms with Crippen molar-refractivity contribution in [2.45, 2.75) is 97.9 Å². The summed E-state index contributed by atoms with van der Waals surface area (Å²) in [6.45, 7) is 16.3. The summed E-state index contributed by atoms with van der Waals surface area (Å²) in [4.78, 5) is 25.4. The van der Waals surface area contributed by atoms with Crippen molar-refractivity contribution in [3.8, 4) is 0 Å². The van der Waals surface area contributed by atoms with Crippen LogP contribution in [0.1, 0.15) is 108 Å². The fraction of sp³-hybridized carbons (Fsp3) is 0.676. The van der Waals surface area contributed by atoms with Gasteiger partial charge in [-0.3, -0.25) is 10.0 Å². The molecule has 0 radical (unpaired) electrons. The Morgan fingerprint density at radius 3 is 2.30 bits per heavy atom. The van der Waals surface area contributed by atoms with Crippen molar-refractivity contribution in [1.29, 1.82) is 0 Å². The van der Waals surface area contributed by atoms with Crippen molar-refractivity contribution in [2.75, 3.05) is 7.11 Å². The van der Waals surface area contributed by atoms with Crippen LogP contribution in [0.25, 0.3) is 5.57 Å². The van der Waals surface area contributed by atoms with E-state index in [0.717, 1.165) is 63.4 Å². The number of carbonyl (C=O) groups excluding carboxylic acids is 2. The van der Waals surface area contributed by atoms with Gasteiger partial charge in [-0.2, -0.15) is 0 Å². The first-order valence-corrected chi connectivity index (χ1v) is 16.5. The van der Waals surface area contributed by atoms with Gasteiger partial charge in [0.25, 0.3) is 0 Å². The van der Waals surface area contributed by atoms with Gasteiger partial charge in [0, 0.05) is 5.54 Å². The molecule has 4 saturated carbocycles. The highest BCUT2D eigenvalue weighted by Crippen LogP contribution is 2.74. The van der Waals surface area contributed by atoms with Gasteiger partial charge in [-0.15, -0.1) is 0 Å². The molecule has 0 spiro atoms. The molecule has 0 heterocycles. The fourth-order valence-corrected chi connectivity index (χ4v) is 12.3. The number of methoxy groups -OCH3 is 1. The number of hydrogen-bond donors (Lipinski definition) is 3. The van der Waals surface area contributed by atoms with Crippen LogP contribution in [0, 0.1) is 51.2 Å². The number of nitrogens with two attached hydrogens (primary N) is 1. The zero-order valence-corrected chi connectivity index (χ0v) is 27.1. The normalized spacial score (nSPS) is 42.8. The van der Waals surface area contributed by atoms with Crippen LogP contribution in [0.3, 0.4) is 0 Å². The zero-order valence-electron chi connectivity index (χ0n) is 27.1. The van der Waals surface area contributed by atoms with Gasteiger partial charge in [0.1, 0.15) is 0 Å². The summed E-state index contributed by atoms with van der Waals surface area (Å²) in [5.74, 6) is 1.11. The van der Waals surface area contributed by atoms with E-state index >= 15 is 0 Å². The number of carbonyl (C=O) groups is 2. The average molecular weight is 589 g/mol. The Balaban J connectivity index is 1.36. The van der Waals surface area contributed by atoms with Gasteiger partial charge in [0.15, 0.2) is 0 Å². The molecule has 1 aromatic rings. The first kappa shape index (κ1) is 30.6. The molecule has 6 rings (SSSR count). The van der Waals surface area contributed by atoms with Gasteiger partial charge in [-0.1, -0.05) is 58.1 Å². The maximum absolute atomic E-state index is 13.3. The van der Waals surface area contributed by atoms with Crippen LogP contribution in [0.5, 0.6) is 0 Å². The highest BCUT2D eigenvalue weighted by Gasteiger charge is 2.72. The third-order valence-electron chi connectivity index (χ3n) is 14.3. The summed E-state index contributed by atoms with van der Waals surface area (Å²) >= 11 is 0.